The van der Waals surface area contributed by atoms with Gasteiger partial charge in [-0.25, -0.2) is 15.1 Å². The van der Waals surface area contributed by atoms with Gasteiger partial charge in [-0.05, 0) is 75.0 Å². The van der Waals surface area contributed by atoms with Crippen molar-refractivity contribution >= 4 is 30.7 Å². The Bertz CT molecular complexity index is 1070. The highest BCUT2D eigenvalue weighted by atomic mass is 16.7. The van der Waals surface area contributed by atoms with Crippen molar-refractivity contribution < 1.29 is 28.7 Å². The van der Waals surface area contributed by atoms with Gasteiger partial charge in [0, 0.05) is 38.8 Å². The minimum Gasteiger partial charge on any atom is -0.404 e. The van der Waals surface area contributed by atoms with Crippen molar-refractivity contribution in [1.82, 2.24) is 16.1 Å². The van der Waals surface area contributed by atoms with E-state index in [9.17, 15) is 24.5 Å². The summed E-state index contributed by atoms with van der Waals surface area (Å²) in [6, 6.07) is 0. The second-order valence-electron chi connectivity index (χ2n) is 14.1. The summed E-state index contributed by atoms with van der Waals surface area (Å²) >= 11 is 0. The average Bonchev–Trinajstić information content (AvgIpc) is 3.28. The summed E-state index contributed by atoms with van der Waals surface area (Å²) in [4.78, 5) is 52.3. The van der Waals surface area contributed by atoms with Crippen molar-refractivity contribution in [1.29, 1.82) is 0 Å². The number of aliphatic imine (C=N–C) groups is 1. The first kappa shape index (κ1) is 38.4. The van der Waals surface area contributed by atoms with Gasteiger partial charge in [0.25, 0.3) is 5.96 Å². The Kier molecular flexibility index (Phi) is 14.3. The molecule has 6 atom stereocenters. The summed E-state index contributed by atoms with van der Waals surface area (Å²) in [6.45, 7) is 13.2. The van der Waals surface area contributed by atoms with Crippen LogP contribution in [0.4, 0.5) is 0 Å². The molecule has 4 rings (SSSR count). The van der Waals surface area contributed by atoms with Crippen LogP contribution in [-0.2, 0) is 23.7 Å². The first-order chi connectivity index (χ1) is 20.6. The number of hydrogen-bond acceptors (Lipinski definition) is 8. The predicted molar refractivity (Wildman–Crippen MR) is 174 cm³/mol. The summed E-state index contributed by atoms with van der Waals surface area (Å²) in [7, 11) is -0.566. The second kappa shape index (κ2) is 16.7. The smallest absolute Gasteiger partial charge is 0.404 e. The van der Waals surface area contributed by atoms with Gasteiger partial charge in [-0.3, -0.25) is 14.4 Å². The molecule has 0 spiro atoms. The number of nitrogens with two attached hydrogens (primary N) is 1. The van der Waals surface area contributed by atoms with Crippen LogP contribution in [0.3, 0.4) is 0 Å². The summed E-state index contributed by atoms with van der Waals surface area (Å²) in [5, 5.41) is 15.7. The monoisotopic (exact) mass is 636 g/mol. The first-order valence-corrected chi connectivity index (χ1v) is 16.2. The van der Waals surface area contributed by atoms with E-state index in [-0.39, 0.29) is 67.3 Å². The number of rotatable bonds is 18. The number of carbonyl (C=O) groups excluding carboxylic acids is 3. The molecule has 13 nitrogen and oxygen atoms in total. The number of hydrazine groups is 1. The molecule has 3 saturated carbocycles. The van der Waals surface area contributed by atoms with Gasteiger partial charge >= 0.3 is 7.12 Å². The molecule has 2 amide bonds. The van der Waals surface area contributed by atoms with Crippen LogP contribution in [-0.4, -0.2) is 66.4 Å². The fraction of sp³-hybridized carbons (Fsp3) is 0.871. The third-order valence-corrected chi connectivity index (χ3v) is 9.90. The van der Waals surface area contributed by atoms with Crippen LogP contribution < -0.4 is 21.8 Å². The van der Waals surface area contributed by atoms with Gasteiger partial charge in [0.1, 0.15) is 5.78 Å². The second-order valence-corrected chi connectivity index (χ2v) is 14.1. The number of nitrogens with one attached hydrogen (secondary N) is 3. The summed E-state index contributed by atoms with van der Waals surface area (Å²) in [6.07, 6.45) is 6.24. The Balaban J connectivity index is 0.00000705. The lowest BCUT2D eigenvalue weighted by atomic mass is 9.43. The summed E-state index contributed by atoms with van der Waals surface area (Å²) < 4.78 is 13.2. The molecule has 0 radical (unpaired) electrons. The van der Waals surface area contributed by atoms with E-state index in [1.54, 1.807) is 5.43 Å². The lowest BCUT2D eigenvalue weighted by molar-refractivity contribution is -0.525. The maximum Gasteiger partial charge on any atom is 0.481 e. The van der Waals surface area contributed by atoms with Gasteiger partial charge in [0.15, 0.2) is 5.03 Å². The zero-order valence-corrected chi connectivity index (χ0v) is 27.4. The van der Waals surface area contributed by atoms with Gasteiger partial charge in [-0.2, -0.15) is 0 Å². The number of ketones is 1. The molecule has 0 unspecified atom stereocenters. The van der Waals surface area contributed by atoms with Gasteiger partial charge in [-0.15, -0.1) is 0 Å². The Morgan fingerprint density at radius 1 is 1.13 bits per heavy atom. The van der Waals surface area contributed by atoms with Crippen molar-refractivity contribution in [3.05, 3.63) is 10.1 Å². The molecule has 4 fully saturated rings. The van der Waals surface area contributed by atoms with Crippen LogP contribution in [0.2, 0.25) is 0 Å². The summed E-state index contributed by atoms with van der Waals surface area (Å²) in [5.41, 5.74) is 7.14. The molecule has 0 aromatic carbocycles. The normalized spacial score (nSPS) is 26.2. The quantitative estimate of drug-likeness (QED) is 0.0436. The van der Waals surface area contributed by atoms with Crippen LogP contribution in [0.25, 0.3) is 0 Å². The molecule has 2 bridgehead atoms. The number of amides is 2. The average molecular weight is 637 g/mol. The molecular formula is C31H57BN6O7. The molecule has 1 heterocycles. The van der Waals surface area contributed by atoms with Gasteiger partial charge in [0.05, 0.1) is 17.6 Å². The Morgan fingerprint density at radius 3 is 2.47 bits per heavy atom. The van der Waals surface area contributed by atoms with Crippen LogP contribution in [0.5, 0.6) is 0 Å². The maximum absolute atomic E-state index is 13.8. The van der Waals surface area contributed by atoms with E-state index in [2.05, 4.69) is 50.2 Å². The molecule has 5 N–H and O–H groups in total. The first-order valence-electron chi connectivity index (χ1n) is 16.2. The van der Waals surface area contributed by atoms with Crippen LogP contribution >= 0.6 is 0 Å². The Labute approximate surface area is 269 Å². The molecule has 45 heavy (non-hydrogen) atoms. The van der Waals surface area contributed by atoms with Crippen LogP contribution in [0, 0.1) is 39.2 Å². The van der Waals surface area contributed by atoms with Crippen molar-refractivity contribution in [2.45, 2.75) is 131 Å². The SMILES string of the molecule is C.CC(=O)NCCCCCC(=O)C[C@@H](CCCN=C(N)N[N+](=O)[O-])C(=O)N[C@@H](CC(C)C)B1O[C@@H]2C[C@@H]3C[C@@H](C3(C)C)[C@]2(C)O1. The summed E-state index contributed by atoms with van der Waals surface area (Å²) in [5.74, 6) is -0.287. The topological polar surface area (TPSA) is 187 Å². The molecule has 1 saturated heterocycles. The fourth-order valence-electron chi connectivity index (χ4n) is 7.37. The van der Waals surface area contributed by atoms with E-state index in [0.717, 1.165) is 25.7 Å². The molecule has 0 aromatic heterocycles. The molecule has 1 aliphatic heterocycles. The van der Waals surface area contributed by atoms with Crippen LogP contribution in [0.1, 0.15) is 113 Å². The largest absolute Gasteiger partial charge is 0.481 e. The number of carbonyl (C=O) groups is 3. The highest BCUT2D eigenvalue weighted by Gasteiger charge is 2.68. The molecule has 4 aliphatic rings. The third kappa shape index (κ3) is 10.4. The number of guanidine groups is 1. The zero-order valence-electron chi connectivity index (χ0n) is 27.4. The van der Waals surface area contributed by atoms with Crippen LogP contribution in [0.15, 0.2) is 4.99 Å². The van der Waals surface area contributed by atoms with Gasteiger partial charge in [0.2, 0.25) is 11.8 Å². The molecule has 0 aromatic rings. The maximum atomic E-state index is 13.8. The minimum absolute atomic E-state index is 0. The number of Topliss-reactive ketones (excluding diaryl/α,β-unsaturated/α-hetero) is 1. The molecule has 14 heteroatoms. The van der Waals surface area contributed by atoms with E-state index in [1.165, 1.54) is 6.92 Å². The molecule has 256 valence electrons. The van der Waals surface area contributed by atoms with E-state index >= 15 is 0 Å². The highest BCUT2D eigenvalue weighted by molar-refractivity contribution is 6.47. The third-order valence-electron chi connectivity index (χ3n) is 9.90. The predicted octanol–water partition coefficient (Wildman–Crippen LogP) is 3.57. The van der Waals surface area contributed by atoms with Crippen molar-refractivity contribution in [2.75, 3.05) is 13.1 Å². The van der Waals surface area contributed by atoms with Crippen molar-refractivity contribution in [3.8, 4) is 0 Å². The number of nitrogens with zero attached hydrogens (tertiary/aromatic N) is 2. The van der Waals surface area contributed by atoms with Gasteiger partial charge < -0.3 is 25.7 Å². The lowest BCUT2D eigenvalue weighted by Gasteiger charge is -2.64. The van der Waals surface area contributed by atoms with E-state index in [1.807, 2.05) is 0 Å². The number of hydrogen-bond donors (Lipinski definition) is 4. The number of nitro groups is 1. The molecule has 3 aliphatic carbocycles. The van der Waals surface area contributed by atoms with E-state index in [0.29, 0.717) is 50.5 Å². The highest BCUT2D eigenvalue weighted by Crippen LogP contribution is 2.65. The number of unbranched alkanes of at least 4 members (excludes halogenated alkanes) is 2. The van der Waals surface area contributed by atoms with E-state index in [4.69, 9.17) is 15.0 Å². The minimum atomic E-state index is -0.785. The van der Waals surface area contributed by atoms with E-state index < -0.39 is 23.7 Å². The Hall–Kier alpha value is -2.74. The van der Waals surface area contributed by atoms with Crippen molar-refractivity contribution in [2.24, 2.45) is 39.8 Å². The standard InChI is InChI=1S/C30H53BN6O7.CH4/c1-19(2)15-26(31-43-25-18-22-17-24(29(22,4)5)30(25,6)44-31)35-27(40)21(11-10-14-34-28(32)36-37(41)42)16-23(39)12-8-7-9-13-33-20(3)38;/h19,21-22,24-26H,7-18H2,1-6H3,(H,33,38)(H,35,40)(H3,32,34,36);1H4/t21-,22+,24+,25-,26+,30+;/m1./s1. The Morgan fingerprint density at radius 2 is 1.84 bits per heavy atom. The van der Waals surface area contributed by atoms with Gasteiger partial charge in [-0.1, -0.05) is 47.0 Å². The van der Waals surface area contributed by atoms with Crippen molar-refractivity contribution in [3.63, 3.8) is 0 Å². The molecular weight excluding hydrogens is 579 g/mol. The lowest BCUT2D eigenvalue weighted by Crippen LogP contribution is -2.65. The fourth-order valence-corrected chi connectivity index (χ4v) is 7.37. The zero-order chi connectivity index (χ0) is 32.7.